The van der Waals surface area contributed by atoms with Crippen molar-refractivity contribution in [1.82, 2.24) is 19.1 Å². The first-order chi connectivity index (χ1) is 12.7. The highest BCUT2D eigenvalue weighted by atomic mass is 16.1. The Bertz CT molecular complexity index is 819. The summed E-state index contributed by atoms with van der Waals surface area (Å²) in [5.41, 5.74) is 1.81. The highest BCUT2D eigenvalue weighted by Gasteiger charge is 2.08. The Kier molecular flexibility index (Phi) is 9.12. The minimum absolute atomic E-state index is 0.101. The molecule has 0 bridgehead atoms. The lowest BCUT2D eigenvalue weighted by Gasteiger charge is -2.10. The van der Waals surface area contributed by atoms with Crippen LogP contribution in [0.5, 0.6) is 0 Å². The number of hydrogen-bond donors (Lipinski definition) is 0. The third-order valence-electron chi connectivity index (χ3n) is 4.13. The van der Waals surface area contributed by atoms with E-state index in [4.69, 9.17) is 0 Å². The van der Waals surface area contributed by atoms with Crippen LogP contribution in [-0.2, 0) is 13.1 Å². The van der Waals surface area contributed by atoms with Crippen LogP contribution in [0.4, 0.5) is 0 Å². The number of hydrogen-bond acceptors (Lipinski definition) is 4. The second-order valence-electron chi connectivity index (χ2n) is 7.86. The number of aryl methyl sites for hydroxylation is 1. The van der Waals surface area contributed by atoms with Crippen molar-refractivity contribution in [2.45, 2.75) is 79.8 Å². The lowest BCUT2D eigenvalue weighted by Crippen LogP contribution is -2.26. The molecule has 0 radical (unpaired) electrons. The molecular formula is C21H34N4O2. The largest absolute Gasteiger partial charge is 0.299 e. The molecule has 2 aromatic rings. The van der Waals surface area contributed by atoms with Crippen LogP contribution in [0.2, 0.25) is 0 Å². The van der Waals surface area contributed by atoms with E-state index in [2.05, 4.69) is 30.7 Å². The van der Waals surface area contributed by atoms with E-state index in [0.717, 1.165) is 30.6 Å². The molecule has 2 rings (SSSR count). The zero-order valence-corrected chi connectivity index (χ0v) is 17.8. The molecule has 6 heteroatoms. The van der Waals surface area contributed by atoms with E-state index in [1.165, 1.54) is 0 Å². The summed E-state index contributed by atoms with van der Waals surface area (Å²) in [5.74, 6) is 0.968. The third-order valence-corrected chi connectivity index (χ3v) is 4.13. The summed E-state index contributed by atoms with van der Waals surface area (Å²) in [6.07, 6.45) is 7.53. The molecule has 0 aliphatic carbocycles. The Labute approximate surface area is 162 Å². The van der Waals surface area contributed by atoms with E-state index in [9.17, 15) is 9.59 Å². The fourth-order valence-corrected chi connectivity index (χ4v) is 2.65. The molecule has 0 N–H and O–H groups in total. The van der Waals surface area contributed by atoms with Gasteiger partial charge in [-0.15, -0.1) is 0 Å². The van der Waals surface area contributed by atoms with Gasteiger partial charge < -0.3 is 0 Å². The monoisotopic (exact) mass is 374 g/mol. The first-order valence-corrected chi connectivity index (χ1v) is 9.77. The van der Waals surface area contributed by atoms with Crippen molar-refractivity contribution < 1.29 is 0 Å². The molecule has 2 aromatic heterocycles. The summed E-state index contributed by atoms with van der Waals surface area (Å²) in [4.78, 5) is 31.7. The first-order valence-electron chi connectivity index (χ1n) is 9.77. The van der Waals surface area contributed by atoms with E-state index in [0.29, 0.717) is 5.92 Å². The average molecular weight is 375 g/mol. The summed E-state index contributed by atoms with van der Waals surface area (Å²) in [5, 5.41) is 0. The van der Waals surface area contributed by atoms with Crippen LogP contribution in [-0.4, -0.2) is 19.1 Å². The van der Waals surface area contributed by atoms with Gasteiger partial charge in [0.25, 0.3) is 11.1 Å². The van der Waals surface area contributed by atoms with Crippen molar-refractivity contribution in [3.05, 3.63) is 56.9 Å². The molecule has 0 atom stereocenters. The van der Waals surface area contributed by atoms with Gasteiger partial charge in [0.2, 0.25) is 0 Å². The predicted octanol–water partition coefficient (Wildman–Crippen LogP) is 3.80. The van der Waals surface area contributed by atoms with Crippen molar-refractivity contribution in [3.63, 3.8) is 0 Å². The smallest absolute Gasteiger partial charge is 0.256 e. The van der Waals surface area contributed by atoms with E-state index in [1.54, 1.807) is 34.2 Å². The molecule has 0 aromatic carbocycles. The van der Waals surface area contributed by atoms with Crippen LogP contribution < -0.4 is 11.1 Å². The van der Waals surface area contributed by atoms with Gasteiger partial charge in [0.1, 0.15) is 0 Å². The van der Waals surface area contributed by atoms with Crippen LogP contribution in [0.3, 0.4) is 0 Å². The van der Waals surface area contributed by atoms with Crippen LogP contribution in [0.15, 0.2) is 34.6 Å². The van der Waals surface area contributed by atoms with Gasteiger partial charge in [0.05, 0.1) is 12.7 Å². The third kappa shape index (κ3) is 6.77. The molecule has 2 heterocycles. The summed E-state index contributed by atoms with van der Waals surface area (Å²) in [6, 6.07) is 0. The standard InChI is InChI=1S/C11H18N2O.C10H16N2O/c1-8(2)6-13-7-12-5-10(9(3)4)11(13)14;1-4-5-12-7-11-6-9(8(2)3)10(12)13/h5,7-9H,6H2,1-4H3;6-8H,4-5H2,1-3H3. The Balaban J connectivity index is 0.000000271. The molecule has 27 heavy (non-hydrogen) atoms. The Morgan fingerprint density at radius 1 is 0.815 bits per heavy atom. The molecule has 6 nitrogen and oxygen atoms in total. The lowest BCUT2D eigenvalue weighted by atomic mass is 10.1. The van der Waals surface area contributed by atoms with Crippen molar-refractivity contribution in [2.75, 3.05) is 0 Å². The maximum absolute atomic E-state index is 11.9. The van der Waals surface area contributed by atoms with Gasteiger partial charge in [0.15, 0.2) is 0 Å². The maximum atomic E-state index is 11.9. The summed E-state index contributed by atoms with van der Waals surface area (Å²) in [6.45, 7) is 15.8. The van der Waals surface area contributed by atoms with Crippen molar-refractivity contribution >= 4 is 0 Å². The minimum Gasteiger partial charge on any atom is -0.299 e. The molecule has 0 aliphatic heterocycles. The van der Waals surface area contributed by atoms with Crippen molar-refractivity contribution in [3.8, 4) is 0 Å². The molecule has 0 unspecified atom stereocenters. The number of rotatable bonds is 6. The van der Waals surface area contributed by atoms with E-state index >= 15 is 0 Å². The fourth-order valence-electron chi connectivity index (χ4n) is 2.65. The number of aromatic nitrogens is 4. The predicted molar refractivity (Wildman–Crippen MR) is 110 cm³/mol. The highest BCUT2D eigenvalue weighted by Crippen LogP contribution is 2.07. The van der Waals surface area contributed by atoms with Crippen LogP contribution in [0, 0.1) is 5.92 Å². The van der Waals surface area contributed by atoms with Gasteiger partial charge in [0, 0.05) is 36.6 Å². The van der Waals surface area contributed by atoms with Gasteiger partial charge in [-0.05, 0) is 24.2 Å². The van der Waals surface area contributed by atoms with Crippen LogP contribution >= 0.6 is 0 Å². The molecule has 0 saturated carbocycles. The van der Waals surface area contributed by atoms with Gasteiger partial charge in [-0.2, -0.15) is 0 Å². The topological polar surface area (TPSA) is 69.8 Å². The quantitative estimate of drug-likeness (QED) is 0.771. The van der Waals surface area contributed by atoms with E-state index in [1.807, 2.05) is 27.7 Å². The van der Waals surface area contributed by atoms with Gasteiger partial charge >= 0.3 is 0 Å². The summed E-state index contributed by atoms with van der Waals surface area (Å²) < 4.78 is 3.37. The summed E-state index contributed by atoms with van der Waals surface area (Å²) in [7, 11) is 0. The lowest BCUT2D eigenvalue weighted by molar-refractivity contribution is 0.500. The van der Waals surface area contributed by atoms with Gasteiger partial charge in [-0.3, -0.25) is 18.7 Å². The molecular weight excluding hydrogens is 340 g/mol. The van der Waals surface area contributed by atoms with Crippen LogP contribution in [0.1, 0.15) is 77.8 Å². The van der Waals surface area contributed by atoms with Crippen LogP contribution in [0.25, 0.3) is 0 Å². The minimum atomic E-state index is 0.101. The molecule has 0 spiro atoms. The Hall–Kier alpha value is -2.24. The highest BCUT2D eigenvalue weighted by molar-refractivity contribution is 5.09. The molecule has 0 amide bonds. The average Bonchev–Trinajstić information content (AvgIpc) is 2.58. The Morgan fingerprint density at radius 3 is 1.67 bits per heavy atom. The molecule has 150 valence electrons. The van der Waals surface area contributed by atoms with Crippen molar-refractivity contribution in [2.24, 2.45) is 5.92 Å². The number of nitrogens with zero attached hydrogens (tertiary/aromatic N) is 4. The molecule has 0 fully saturated rings. The fraction of sp³-hybridized carbons (Fsp3) is 0.619. The summed E-state index contributed by atoms with van der Waals surface area (Å²) >= 11 is 0. The van der Waals surface area contributed by atoms with E-state index < -0.39 is 0 Å². The normalized spacial score (nSPS) is 11.0. The SMILES string of the molecule is CC(C)Cn1cncc(C(C)C)c1=O.CCCn1cncc(C(C)C)c1=O. The van der Waals surface area contributed by atoms with Crippen molar-refractivity contribution in [1.29, 1.82) is 0 Å². The second-order valence-corrected chi connectivity index (χ2v) is 7.86. The second kappa shape index (κ2) is 10.8. The first kappa shape index (κ1) is 22.8. The Morgan fingerprint density at radius 2 is 1.26 bits per heavy atom. The molecule has 0 aliphatic rings. The molecule has 0 saturated heterocycles. The zero-order chi connectivity index (χ0) is 20.6. The van der Waals surface area contributed by atoms with Gasteiger partial charge in [-0.25, -0.2) is 9.97 Å². The zero-order valence-electron chi connectivity index (χ0n) is 17.8. The van der Waals surface area contributed by atoms with E-state index in [-0.39, 0.29) is 23.0 Å². The maximum Gasteiger partial charge on any atom is 0.256 e. The van der Waals surface area contributed by atoms with Gasteiger partial charge in [-0.1, -0.05) is 48.5 Å².